The molecule has 0 bridgehead atoms. The van der Waals surface area contributed by atoms with E-state index in [0.717, 1.165) is 57.7 Å². The molecule has 0 saturated carbocycles. The lowest BCUT2D eigenvalue weighted by Gasteiger charge is -2.32. The van der Waals surface area contributed by atoms with E-state index in [1.54, 1.807) is 0 Å². The number of ether oxygens (including phenoxy) is 1. The molecule has 9 heteroatoms. The molecule has 1 N–H and O–H groups in total. The molecule has 1 amide bonds. The molecular formula is C27H34N6O2S. The van der Waals surface area contributed by atoms with E-state index in [1.165, 1.54) is 37.1 Å². The largest absolute Gasteiger partial charge is 0.490 e. The number of aryl methyl sites for hydroxylation is 1. The van der Waals surface area contributed by atoms with Crippen molar-refractivity contribution in [3.63, 3.8) is 0 Å². The quantitative estimate of drug-likeness (QED) is 0.550. The standard InChI is InChI=1S/C27H34N6O2S/c1-27(2)15-21-24(25(34)30-27)36-26(29-21)33-12-13-35-23-8-7-18(14-22(23)33)19-16-28-32(17-19)11-9-20-6-4-5-10-31(20)3/h7-8,14,16-17,20H,4-6,9-13,15H2,1-3H3,(H,30,34). The molecule has 190 valence electrons. The molecule has 0 spiro atoms. The van der Waals surface area contributed by atoms with Crippen molar-refractivity contribution >= 4 is 28.1 Å². The zero-order valence-corrected chi connectivity index (χ0v) is 22.1. The van der Waals surface area contributed by atoms with Crippen LogP contribution in [0.3, 0.4) is 0 Å². The summed E-state index contributed by atoms with van der Waals surface area (Å²) < 4.78 is 8.04. The number of aromatic nitrogens is 3. The number of nitrogens with one attached hydrogen (secondary N) is 1. The van der Waals surface area contributed by atoms with Crippen LogP contribution in [0.4, 0.5) is 10.8 Å². The Bertz CT molecular complexity index is 1280. The van der Waals surface area contributed by atoms with E-state index in [2.05, 4.69) is 50.3 Å². The van der Waals surface area contributed by atoms with Gasteiger partial charge in [0, 0.05) is 36.3 Å². The number of piperidine rings is 1. The van der Waals surface area contributed by atoms with Gasteiger partial charge in [0.1, 0.15) is 17.2 Å². The second kappa shape index (κ2) is 9.19. The third kappa shape index (κ3) is 4.50. The van der Waals surface area contributed by atoms with Crippen LogP contribution in [0.2, 0.25) is 0 Å². The molecule has 2 aromatic heterocycles. The van der Waals surface area contributed by atoms with E-state index in [-0.39, 0.29) is 11.4 Å². The van der Waals surface area contributed by atoms with Gasteiger partial charge in [-0.1, -0.05) is 23.8 Å². The molecular weight excluding hydrogens is 472 g/mol. The monoisotopic (exact) mass is 506 g/mol. The normalized spacial score (nSPS) is 21.5. The van der Waals surface area contributed by atoms with Crippen molar-refractivity contribution in [1.82, 2.24) is 25.0 Å². The first kappa shape index (κ1) is 23.5. The molecule has 1 saturated heterocycles. The molecule has 3 aromatic rings. The van der Waals surface area contributed by atoms with Gasteiger partial charge in [0.25, 0.3) is 5.91 Å². The zero-order chi connectivity index (χ0) is 24.9. The van der Waals surface area contributed by atoms with Crippen molar-refractivity contribution in [2.45, 2.75) is 64.1 Å². The van der Waals surface area contributed by atoms with Crippen LogP contribution >= 0.6 is 11.3 Å². The lowest BCUT2D eigenvalue weighted by Crippen LogP contribution is -2.48. The molecule has 6 rings (SSSR count). The first-order valence-corrected chi connectivity index (χ1v) is 13.8. The van der Waals surface area contributed by atoms with Gasteiger partial charge in [-0.3, -0.25) is 9.48 Å². The van der Waals surface area contributed by atoms with Crippen LogP contribution < -0.4 is 15.0 Å². The van der Waals surface area contributed by atoms with Gasteiger partial charge in [-0.25, -0.2) is 4.98 Å². The third-order valence-electron chi connectivity index (χ3n) is 7.59. The van der Waals surface area contributed by atoms with Gasteiger partial charge in [0.15, 0.2) is 5.13 Å². The number of hydrogen-bond donors (Lipinski definition) is 1. The van der Waals surface area contributed by atoms with E-state index >= 15 is 0 Å². The van der Waals surface area contributed by atoms with Crippen LogP contribution in [0.1, 0.15) is 54.9 Å². The summed E-state index contributed by atoms with van der Waals surface area (Å²) in [5.41, 5.74) is 3.79. The number of carbonyl (C=O) groups is 1. The predicted molar refractivity (Wildman–Crippen MR) is 142 cm³/mol. The number of rotatable bonds is 5. The first-order chi connectivity index (χ1) is 17.4. The highest BCUT2D eigenvalue weighted by molar-refractivity contribution is 7.17. The topological polar surface area (TPSA) is 75.5 Å². The maximum atomic E-state index is 12.7. The molecule has 8 nitrogen and oxygen atoms in total. The van der Waals surface area contributed by atoms with Crippen LogP contribution in [0, 0.1) is 0 Å². The number of hydrogen-bond acceptors (Lipinski definition) is 7. The minimum atomic E-state index is -0.280. The Labute approximate surface area is 216 Å². The Balaban J connectivity index is 1.23. The second-order valence-electron chi connectivity index (χ2n) is 10.9. The Morgan fingerprint density at radius 1 is 1.22 bits per heavy atom. The number of benzene rings is 1. The van der Waals surface area contributed by atoms with Gasteiger partial charge in [0.2, 0.25) is 0 Å². The predicted octanol–water partition coefficient (Wildman–Crippen LogP) is 4.48. The zero-order valence-electron chi connectivity index (χ0n) is 21.3. The Morgan fingerprint density at radius 2 is 2.11 bits per heavy atom. The summed E-state index contributed by atoms with van der Waals surface area (Å²) in [6, 6.07) is 6.95. The molecule has 1 atom stereocenters. The summed E-state index contributed by atoms with van der Waals surface area (Å²) in [7, 11) is 2.24. The number of anilines is 2. The van der Waals surface area contributed by atoms with Gasteiger partial charge >= 0.3 is 0 Å². The van der Waals surface area contributed by atoms with Crippen LogP contribution in [0.15, 0.2) is 30.6 Å². The van der Waals surface area contributed by atoms with Crippen molar-refractivity contribution in [2.75, 3.05) is 31.6 Å². The summed E-state index contributed by atoms with van der Waals surface area (Å²) >= 11 is 1.47. The second-order valence-corrected chi connectivity index (χ2v) is 11.9. The summed E-state index contributed by atoms with van der Waals surface area (Å²) in [5.74, 6) is 0.815. The van der Waals surface area contributed by atoms with Gasteiger partial charge in [0.05, 0.1) is 24.1 Å². The van der Waals surface area contributed by atoms with Crippen molar-refractivity contribution < 1.29 is 9.53 Å². The molecule has 1 unspecified atom stereocenters. The van der Waals surface area contributed by atoms with Gasteiger partial charge < -0.3 is 19.9 Å². The number of likely N-dealkylation sites (tertiary alicyclic amines) is 1. The Kier molecular flexibility index (Phi) is 6.00. The fraction of sp³-hybridized carbons (Fsp3) is 0.519. The third-order valence-corrected chi connectivity index (χ3v) is 8.71. The Morgan fingerprint density at radius 3 is 2.97 bits per heavy atom. The highest BCUT2D eigenvalue weighted by atomic mass is 32.1. The SMILES string of the molecule is CN1CCCCC1CCn1cc(-c2ccc3c(c2)N(c2nc4c(s2)C(=O)NC(C)(C)C4)CCO3)cn1. The highest BCUT2D eigenvalue weighted by Crippen LogP contribution is 2.42. The highest BCUT2D eigenvalue weighted by Gasteiger charge is 2.35. The lowest BCUT2D eigenvalue weighted by molar-refractivity contribution is 0.0901. The fourth-order valence-corrected chi connectivity index (χ4v) is 6.62. The van der Waals surface area contributed by atoms with Gasteiger partial charge in [-0.15, -0.1) is 0 Å². The average molecular weight is 507 g/mol. The number of amides is 1. The lowest BCUT2D eigenvalue weighted by atomic mass is 9.94. The van der Waals surface area contributed by atoms with E-state index in [4.69, 9.17) is 9.72 Å². The van der Waals surface area contributed by atoms with E-state index in [9.17, 15) is 4.79 Å². The summed E-state index contributed by atoms with van der Waals surface area (Å²) in [6.45, 7) is 7.49. The molecule has 0 radical (unpaired) electrons. The van der Waals surface area contributed by atoms with Crippen molar-refractivity contribution in [3.05, 3.63) is 41.2 Å². The number of thiazole rings is 1. The van der Waals surface area contributed by atoms with E-state index < -0.39 is 0 Å². The Hall–Kier alpha value is -2.91. The van der Waals surface area contributed by atoms with Crippen molar-refractivity contribution in [1.29, 1.82) is 0 Å². The molecule has 1 fully saturated rings. The maximum absolute atomic E-state index is 12.7. The number of carbonyl (C=O) groups excluding carboxylic acids is 1. The van der Waals surface area contributed by atoms with Crippen LogP contribution in [-0.4, -0.2) is 63.9 Å². The van der Waals surface area contributed by atoms with E-state index in [0.29, 0.717) is 19.2 Å². The number of fused-ring (bicyclic) bond motifs is 2. The minimum absolute atomic E-state index is 0.0286. The maximum Gasteiger partial charge on any atom is 0.263 e. The van der Waals surface area contributed by atoms with Crippen LogP contribution in [0.5, 0.6) is 5.75 Å². The summed E-state index contributed by atoms with van der Waals surface area (Å²) in [5, 5.41) is 8.59. The van der Waals surface area contributed by atoms with Crippen molar-refractivity contribution in [3.8, 4) is 16.9 Å². The summed E-state index contributed by atoms with van der Waals surface area (Å²) in [6.07, 6.45) is 9.89. The van der Waals surface area contributed by atoms with Crippen LogP contribution in [-0.2, 0) is 13.0 Å². The number of nitrogens with zero attached hydrogens (tertiary/aromatic N) is 5. The molecule has 5 heterocycles. The first-order valence-electron chi connectivity index (χ1n) is 13.0. The molecule has 0 aliphatic carbocycles. The van der Waals surface area contributed by atoms with Gasteiger partial charge in [-0.05, 0) is 64.4 Å². The molecule has 3 aliphatic rings. The fourth-order valence-electron chi connectivity index (χ4n) is 5.60. The van der Waals surface area contributed by atoms with E-state index in [1.807, 2.05) is 26.1 Å². The summed E-state index contributed by atoms with van der Waals surface area (Å²) in [4.78, 5) is 23.0. The smallest absolute Gasteiger partial charge is 0.263 e. The average Bonchev–Trinajstić information content (AvgIpc) is 3.50. The minimum Gasteiger partial charge on any atom is -0.490 e. The van der Waals surface area contributed by atoms with Crippen LogP contribution in [0.25, 0.3) is 11.1 Å². The molecule has 1 aromatic carbocycles. The van der Waals surface area contributed by atoms with Crippen molar-refractivity contribution in [2.24, 2.45) is 0 Å². The molecule has 36 heavy (non-hydrogen) atoms. The molecule has 3 aliphatic heterocycles. The van der Waals surface area contributed by atoms with Gasteiger partial charge in [-0.2, -0.15) is 5.10 Å².